The topological polar surface area (TPSA) is 81.7 Å². The summed E-state index contributed by atoms with van der Waals surface area (Å²) in [5, 5.41) is 2.37. The average molecular weight is 401 g/mol. The smallest absolute Gasteiger partial charge is 0.338 e. The van der Waals surface area contributed by atoms with E-state index in [9.17, 15) is 14.4 Å². The minimum Gasteiger partial charge on any atom is -0.468 e. The Balaban J connectivity index is 2.09. The second-order valence-electron chi connectivity index (χ2n) is 5.95. The molecular weight excluding hydrogens is 378 g/mol. The summed E-state index contributed by atoms with van der Waals surface area (Å²) in [6.45, 7) is 4.02. The molecule has 0 bridgehead atoms. The van der Waals surface area contributed by atoms with Crippen molar-refractivity contribution in [3.05, 3.63) is 59.7 Å². The Labute approximate surface area is 168 Å². The van der Waals surface area contributed by atoms with Gasteiger partial charge in [-0.15, -0.1) is 11.8 Å². The lowest BCUT2D eigenvalue weighted by Gasteiger charge is -2.13. The summed E-state index contributed by atoms with van der Waals surface area (Å²) >= 11 is 1.26. The van der Waals surface area contributed by atoms with Crippen LogP contribution in [0, 0.1) is 0 Å². The van der Waals surface area contributed by atoms with Crippen LogP contribution in [0.5, 0.6) is 0 Å². The van der Waals surface area contributed by atoms with E-state index in [-0.39, 0.29) is 11.9 Å². The molecule has 0 saturated carbocycles. The number of benzene rings is 2. The van der Waals surface area contributed by atoms with E-state index in [1.165, 1.54) is 18.9 Å². The van der Waals surface area contributed by atoms with Crippen LogP contribution in [0.3, 0.4) is 0 Å². The van der Waals surface area contributed by atoms with Crippen molar-refractivity contribution in [2.45, 2.75) is 30.4 Å². The van der Waals surface area contributed by atoms with Gasteiger partial charge < -0.3 is 14.8 Å². The number of hydrogen-bond acceptors (Lipinski definition) is 6. The number of amides is 1. The molecule has 148 valence electrons. The fourth-order valence-corrected chi connectivity index (χ4v) is 3.35. The molecule has 2 rings (SSSR count). The predicted molar refractivity (Wildman–Crippen MR) is 109 cm³/mol. The average Bonchev–Trinajstić information content (AvgIpc) is 2.72. The molecule has 0 aromatic heterocycles. The Morgan fingerprint density at radius 1 is 1.07 bits per heavy atom. The van der Waals surface area contributed by atoms with E-state index in [4.69, 9.17) is 9.47 Å². The summed E-state index contributed by atoms with van der Waals surface area (Å²) in [5.41, 5.74) is 1.43. The Hall–Kier alpha value is -2.80. The highest BCUT2D eigenvalue weighted by Gasteiger charge is 2.19. The molecule has 6 nitrogen and oxygen atoms in total. The molecule has 0 aliphatic heterocycles. The van der Waals surface area contributed by atoms with Crippen LogP contribution in [0.15, 0.2) is 53.4 Å². The molecule has 1 unspecified atom stereocenters. The van der Waals surface area contributed by atoms with E-state index in [1.807, 2.05) is 6.92 Å². The van der Waals surface area contributed by atoms with Crippen LogP contribution in [0.2, 0.25) is 0 Å². The highest BCUT2D eigenvalue weighted by Crippen LogP contribution is 2.28. The maximum absolute atomic E-state index is 12.7. The molecule has 0 radical (unpaired) electrons. The fourth-order valence-electron chi connectivity index (χ4n) is 2.33. The first-order valence-corrected chi connectivity index (χ1v) is 9.76. The molecule has 0 fully saturated rings. The molecule has 0 saturated heterocycles. The van der Waals surface area contributed by atoms with Gasteiger partial charge >= 0.3 is 11.9 Å². The lowest BCUT2D eigenvalue weighted by Crippen LogP contribution is -2.17. The number of carbonyl (C=O) groups is 3. The van der Waals surface area contributed by atoms with Gasteiger partial charge in [-0.1, -0.05) is 19.1 Å². The van der Waals surface area contributed by atoms with Crippen LogP contribution >= 0.6 is 11.8 Å². The Morgan fingerprint density at radius 3 is 2.39 bits per heavy atom. The number of esters is 2. The molecular formula is C21H23NO5S. The summed E-state index contributed by atoms with van der Waals surface area (Å²) in [6.07, 6.45) is 0.756. The first kappa shape index (κ1) is 21.5. The normalized spacial score (nSPS) is 11.4. The van der Waals surface area contributed by atoms with Gasteiger partial charge in [0.15, 0.2) is 0 Å². The van der Waals surface area contributed by atoms with E-state index in [1.54, 1.807) is 55.5 Å². The molecule has 1 N–H and O–H groups in total. The van der Waals surface area contributed by atoms with E-state index in [0.29, 0.717) is 28.3 Å². The van der Waals surface area contributed by atoms with Gasteiger partial charge in [-0.25, -0.2) is 4.79 Å². The van der Waals surface area contributed by atoms with Gasteiger partial charge in [0.25, 0.3) is 5.91 Å². The standard InChI is InChI=1S/C21H23NO5S/c1-4-13-27-21(25)15-9-11-16(12-10-15)22-19(23)17-7-5-6-8-18(17)28-14(2)20(24)26-3/h5-12,14H,4,13H2,1-3H3,(H,22,23). The monoisotopic (exact) mass is 401 g/mol. The predicted octanol–water partition coefficient (Wildman–Crippen LogP) is 4.16. The maximum atomic E-state index is 12.7. The first-order chi connectivity index (χ1) is 13.5. The molecule has 1 atom stereocenters. The fraction of sp³-hybridized carbons (Fsp3) is 0.286. The number of hydrogen-bond donors (Lipinski definition) is 1. The lowest BCUT2D eigenvalue weighted by molar-refractivity contribution is -0.139. The van der Waals surface area contributed by atoms with Crippen molar-refractivity contribution in [1.82, 2.24) is 0 Å². The van der Waals surface area contributed by atoms with E-state index < -0.39 is 11.2 Å². The SMILES string of the molecule is CCCOC(=O)c1ccc(NC(=O)c2ccccc2SC(C)C(=O)OC)cc1. The largest absolute Gasteiger partial charge is 0.468 e. The maximum Gasteiger partial charge on any atom is 0.338 e. The zero-order valence-corrected chi connectivity index (χ0v) is 16.9. The lowest BCUT2D eigenvalue weighted by atomic mass is 10.2. The van der Waals surface area contributed by atoms with Gasteiger partial charge in [-0.05, 0) is 49.7 Å². The van der Waals surface area contributed by atoms with Crippen molar-refractivity contribution < 1.29 is 23.9 Å². The van der Waals surface area contributed by atoms with Gasteiger partial charge in [0, 0.05) is 10.6 Å². The van der Waals surface area contributed by atoms with Crippen LogP contribution in [-0.4, -0.2) is 36.8 Å². The number of carbonyl (C=O) groups excluding carboxylic acids is 3. The van der Waals surface area contributed by atoms with E-state index >= 15 is 0 Å². The number of anilines is 1. The third-order valence-corrected chi connectivity index (χ3v) is 4.94. The van der Waals surface area contributed by atoms with Gasteiger partial charge in [0.05, 0.1) is 24.8 Å². The molecule has 7 heteroatoms. The van der Waals surface area contributed by atoms with Crippen molar-refractivity contribution in [3.63, 3.8) is 0 Å². The Morgan fingerprint density at radius 2 is 1.75 bits per heavy atom. The quantitative estimate of drug-likeness (QED) is 0.528. The second-order valence-corrected chi connectivity index (χ2v) is 7.33. The molecule has 28 heavy (non-hydrogen) atoms. The van der Waals surface area contributed by atoms with Gasteiger partial charge in [-0.3, -0.25) is 9.59 Å². The van der Waals surface area contributed by atoms with Gasteiger partial charge in [0.2, 0.25) is 0 Å². The second kappa shape index (κ2) is 10.5. The van der Waals surface area contributed by atoms with Gasteiger partial charge in [-0.2, -0.15) is 0 Å². The summed E-state index contributed by atoms with van der Waals surface area (Å²) in [7, 11) is 1.33. The van der Waals surface area contributed by atoms with Crippen LogP contribution in [-0.2, 0) is 14.3 Å². The zero-order valence-electron chi connectivity index (χ0n) is 16.1. The summed E-state index contributed by atoms with van der Waals surface area (Å²) in [6, 6.07) is 13.5. The van der Waals surface area contributed by atoms with Crippen LogP contribution in [0.25, 0.3) is 0 Å². The molecule has 2 aromatic rings. The molecule has 2 aromatic carbocycles. The highest BCUT2D eigenvalue weighted by molar-refractivity contribution is 8.00. The van der Waals surface area contributed by atoms with Crippen LogP contribution in [0.4, 0.5) is 5.69 Å². The van der Waals surface area contributed by atoms with E-state index in [2.05, 4.69) is 5.32 Å². The summed E-state index contributed by atoms with van der Waals surface area (Å²) in [5.74, 6) is -1.05. The molecule has 0 aliphatic rings. The number of nitrogens with one attached hydrogen (secondary N) is 1. The zero-order chi connectivity index (χ0) is 20.5. The van der Waals surface area contributed by atoms with Crippen LogP contribution < -0.4 is 5.32 Å². The van der Waals surface area contributed by atoms with Crippen molar-refractivity contribution in [1.29, 1.82) is 0 Å². The molecule has 0 aliphatic carbocycles. The van der Waals surface area contributed by atoms with Crippen molar-refractivity contribution in [3.8, 4) is 0 Å². The first-order valence-electron chi connectivity index (χ1n) is 8.88. The number of thioether (sulfide) groups is 1. The molecule has 0 spiro atoms. The van der Waals surface area contributed by atoms with Crippen molar-refractivity contribution >= 4 is 35.3 Å². The van der Waals surface area contributed by atoms with Crippen LogP contribution in [0.1, 0.15) is 41.0 Å². The number of ether oxygens (including phenoxy) is 2. The van der Waals surface area contributed by atoms with E-state index in [0.717, 1.165) is 6.42 Å². The minimum atomic E-state index is -0.438. The third kappa shape index (κ3) is 5.85. The van der Waals surface area contributed by atoms with Crippen molar-refractivity contribution in [2.75, 3.05) is 19.0 Å². The summed E-state index contributed by atoms with van der Waals surface area (Å²) in [4.78, 5) is 36.9. The Kier molecular flexibility index (Phi) is 8.07. The Bertz CT molecular complexity index is 835. The number of methoxy groups -OCH3 is 1. The number of rotatable bonds is 8. The minimum absolute atomic E-state index is 0.304. The van der Waals surface area contributed by atoms with Gasteiger partial charge in [0.1, 0.15) is 5.25 Å². The molecule has 1 amide bonds. The molecule has 0 heterocycles. The highest BCUT2D eigenvalue weighted by atomic mass is 32.2. The van der Waals surface area contributed by atoms with Crippen molar-refractivity contribution in [2.24, 2.45) is 0 Å². The third-order valence-electron chi connectivity index (χ3n) is 3.78. The summed E-state index contributed by atoms with van der Waals surface area (Å²) < 4.78 is 9.82.